The van der Waals surface area contributed by atoms with E-state index in [9.17, 15) is 4.79 Å². The van der Waals surface area contributed by atoms with Crippen molar-refractivity contribution in [3.05, 3.63) is 41.5 Å². The monoisotopic (exact) mass is 277 g/mol. The van der Waals surface area contributed by atoms with Gasteiger partial charge in [0.2, 0.25) is 11.8 Å². The fourth-order valence-electron chi connectivity index (χ4n) is 1.69. The zero-order chi connectivity index (χ0) is 14.5. The van der Waals surface area contributed by atoms with Gasteiger partial charge >= 0.3 is 0 Å². The van der Waals surface area contributed by atoms with Crippen LogP contribution in [0.3, 0.4) is 0 Å². The van der Waals surface area contributed by atoms with Crippen LogP contribution in [0, 0.1) is 13.8 Å². The van der Waals surface area contributed by atoms with Gasteiger partial charge in [-0.05, 0) is 32.9 Å². The van der Waals surface area contributed by atoms with Gasteiger partial charge in [0.1, 0.15) is 11.5 Å². The van der Waals surface area contributed by atoms with Crippen LogP contribution in [0.15, 0.2) is 27.2 Å². The molecule has 2 N–H and O–H groups in total. The Kier molecular flexibility index (Phi) is 4.57. The molecule has 1 amide bonds. The van der Waals surface area contributed by atoms with E-state index in [0.717, 1.165) is 17.2 Å². The lowest BCUT2D eigenvalue weighted by Gasteiger charge is -2.12. The van der Waals surface area contributed by atoms with Crippen molar-refractivity contribution in [3.63, 3.8) is 0 Å². The lowest BCUT2D eigenvalue weighted by atomic mass is 10.3. The number of aromatic nitrogens is 1. The minimum atomic E-state index is -0.336. The smallest absolute Gasteiger partial charge is 0.237 e. The number of furan rings is 1. The molecule has 1 atom stereocenters. The van der Waals surface area contributed by atoms with Crippen LogP contribution in [0.5, 0.6) is 0 Å². The van der Waals surface area contributed by atoms with Crippen molar-refractivity contribution in [2.45, 2.75) is 39.9 Å². The van der Waals surface area contributed by atoms with Crippen LogP contribution in [0.4, 0.5) is 0 Å². The summed E-state index contributed by atoms with van der Waals surface area (Å²) in [6.45, 7) is 6.35. The van der Waals surface area contributed by atoms with Crippen molar-refractivity contribution in [3.8, 4) is 0 Å². The van der Waals surface area contributed by atoms with E-state index in [1.807, 2.05) is 19.9 Å². The molecule has 1 unspecified atom stereocenters. The maximum Gasteiger partial charge on any atom is 0.237 e. The molecule has 0 radical (unpaired) electrons. The number of amides is 1. The lowest BCUT2D eigenvalue weighted by Crippen LogP contribution is -2.41. The Bertz CT molecular complexity index is 541. The van der Waals surface area contributed by atoms with E-state index >= 15 is 0 Å². The predicted molar refractivity (Wildman–Crippen MR) is 72.8 cm³/mol. The molecule has 20 heavy (non-hydrogen) atoms. The van der Waals surface area contributed by atoms with Crippen molar-refractivity contribution in [1.82, 2.24) is 15.6 Å². The van der Waals surface area contributed by atoms with Crippen LogP contribution in [0.25, 0.3) is 0 Å². The maximum atomic E-state index is 11.9. The molecule has 0 aromatic carbocycles. The summed E-state index contributed by atoms with van der Waals surface area (Å²) < 4.78 is 10.6. The first kappa shape index (κ1) is 14.3. The van der Waals surface area contributed by atoms with E-state index in [0.29, 0.717) is 19.0 Å². The van der Waals surface area contributed by atoms with Gasteiger partial charge in [-0.15, -0.1) is 0 Å². The molecule has 0 fully saturated rings. The van der Waals surface area contributed by atoms with Crippen molar-refractivity contribution >= 4 is 5.91 Å². The van der Waals surface area contributed by atoms with Gasteiger partial charge in [0.05, 0.1) is 31.1 Å². The van der Waals surface area contributed by atoms with E-state index in [1.165, 1.54) is 0 Å². The van der Waals surface area contributed by atoms with Gasteiger partial charge < -0.3 is 14.2 Å². The van der Waals surface area contributed by atoms with E-state index < -0.39 is 0 Å². The third-order valence-corrected chi connectivity index (χ3v) is 3.04. The van der Waals surface area contributed by atoms with Crippen molar-refractivity contribution in [2.24, 2.45) is 0 Å². The molecule has 0 saturated carbocycles. The predicted octanol–water partition coefficient (Wildman–Crippen LogP) is 1.68. The second kappa shape index (κ2) is 6.38. The average molecular weight is 277 g/mol. The second-order valence-electron chi connectivity index (χ2n) is 4.65. The largest absolute Gasteiger partial charge is 0.467 e. The molecule has 2 rings (SSSR count). The van der Waals surface area contributed by atoms with Crippen molar-refractivity contribution in [2.75, 3.05) is 0 Å². The number of aryl methyl sites for hydroxylation is 2. The normalized spacial score (nSPS) is 12.3. The van der Waals surface area contributed by atoms with Crippen molar-refractivity contribution < 1.29 is 13.6 Å². The molecule has 0 saturated heterocycles. The first-order valence-corrected chi connectivity index (χ1v) is 6.52. The Labute approximate surface area is 117 Å². The fourth-order valence-corrected chi connectivity index (χ4v) is 1.69. The summed E-state index contributed by atoms with van der Waals surface area (Å²) in [6, 6.07) is 3.27. The van der Waals surface area contributed by atoms with E-state index in [-0.39, 0.29) is 11.9 Å². The number of nitrogens with one attached hydrogen (secondary N) is 2. The molecule has 2 heterocycles. The first-order valence-electron chi connectivity index (χ1n) is 6.52. The third-order valence-electron chi connectivity index (χ3n) is 3.04. The average Bonchev–Trinajstić information content (AvgIpc) is 3.04. The summed E-state index contributed by atoms with van der Waals surface area (Å²) in [4.78, 5) is 16.1. The quantitative estimate of drug-likeness (QED) is 0.839. The van der Waals surface area contributed by atoms with Gasteiger partial charge in [0, 0.05) is 0 Å². The van der Waals surface area contributed by atoms with Crippen LogP contribution in [-0.4, -0.2) is 16.9 Å². The van der Waals surface area contributed by atoms with Crippen LogP contribution in [0.2, 0.25) is 0 Å². The van der Waals surface area contributed by atoms with Gasteiger partial charge in [0.25, 0.3) is 0 Å². The standard InChI is InChI=1S/C14H19N3O3/c1-9-11(3)20-13(17-9)8-15-10(2)14(18)16-7-12-5-4-6-19-12/h4-6,10,15H,7-8H2,1-3H3,(H,16,18). The molecule has 2 aromatic rings. The van der Waals surface area contributed by atoms with Gasteiger partial charge in [-0.2, -0.15) is 0 Å². The number of oxazole rings is 1. The Morgan fingerprint density at radius 2 is 2.20 bits per heavy atom. The number of carbonyl (C=O) groups is 1. The Morgan fingerprint density at radius 1 is 1.40 bits per heavy atom. The van der Waals surface area contributed by atoms with Gasteiger partial charge in [-0.25, -0.2) is 4.98 Å². The molecule has 0 aliphatic heterocycles. The van der Waals surface area contributed by atoms with Crippen LogP contribution in [0.1, 0.15) is 30.0 Å². The number of carbonyl (C=O) groups excluding carboxylic acids is 1. The molecular formula is C14H19N3O3. The van der Waals surface area contributed by atoms with E-state index in [4.69, 9.17) is 8.83 Å². The highest BCUT2D eigenvalue weighted by atomic mass is 16.4. The SMILES string of the molecule is Cc1nc(CNC(C)C(=O)NCc2ccco2)oc1C. The molecule has 0 aliphatic rings. The molecule has 6 heteroatoms. The summed E-state index contributed by atoms with van der Waals surface area (Å²) in [7, 11) is 0. The van der Waals surface area contributed by atoms with E-state index in [2.05, 4.69) is 15.6 Å². The molecule has 0 spiro atoms. The first-order chi connectivity index (χ1) is 9.56. The maximum absolute atomic E-state index is 11.9. The molecule has 0 aliphatic carbocycles. The summed E-state index contributed by atoms with van der Waals surface area (Å²) in [6.07, 6.45) is 1.58. The van der Waals surface area contributed by atoms with Crippen LogP contribution >= 0.6 is 0 Å². The van der Waals surface area contributed by atoms with Crippen molar-refractivity contribution in [1.29, 1.82) is 0 Å². The Balaban J connectivity index is 1.76. The Morgan fingerprint density at radius 3 is 2.80 bits per heavy atom. The zero-order valence-electron chi connectivity index (χ0n) is 11.9. The molecule has 108 valence electrons. The summed E-state index contributed by atoms with van der Waals surface area (Å²) in [5.74, 6) is 2.02. The highest BCUT2D eigenvalue weighted by molar-refractivity contribution is 5.81. The summed E-state index contributed by atoms with van der Waals surface area (Å²) in [5.41, 5.74) is 0.872. The summed E-state index contributed by atoms with van der Waals surface area (Å²) in [5, 5.41) is 5.86. The van der Waals surface area contributed by atoms with Gasteiger partial charge in [-0.3, -0.25) is 10.1 Å². The third kappa shape index (κ3) is 3.71. The highest BCUT2D eigenvalue weighted by Crippen LogP contribution is 2.08. The lowest BCUT2D eigenvalue weighted by molar-refractivity contribution is -0.123. The second-order valence-corrected chi connectivity index (χ2v) is 4.65. The molecule has 2 aromatic heterocycles. The minimum absolute atomic E-state index is 0.0959. The zero-order valence-corrected chi connectivity index (χ0v) is 11.9. The number of hydrogen-bond acceptors (Lipinski definition) is 5. The minimum Gasteiger partial charge on any atom is -0.467 e. The molecule has 6 nitrogen and oxygen atoms in total. The van der Waals surface area contributed by atoms with Gasteiger partial charge in [0.15, 0.2) is 0 Å². The number of hydrogen-bond donors (Lipinski definition) is 2. The Hall–Kier alpha value is -2.08. The van der Waals surface area contributed by atoms with Gasteiger partial charge in [-0.1, -0.05) is 0 Å². The molecular weight excluding hydrogens is 258 g/mol. The highest BCUT2D eigenvalue weighted by Gasteiger charge is 2.14. The van der Waals surface area contributed by atoms with E-state index in [1.54, 1.807) is 19.3 Å². The topological polar surface area (TPSA) is 80.3 Å². The molecule has 0 bridgehead atoms. The number of rotatable bonds is 6. The van der Waals surface area contributed by atoms with Crippen LogP contribution < -0.4 is 10.6 Å². The van der Waals surface area contributed by atoms with Crippen LogP contribution in [-0.2, 0) is 17.9 Å². The summed E-state index contributed by atoms with van der Waals surface area (Å²) >= 11 is 0. The number of nitrogens with zero attached hydrogens (tertiary/aromatic N) is 1. The fraction of sp³-hybridized carbons (Fsp3) is 0.429.